The maximum atomic E-state index is 12.0. The Balaban J connectivity index is 1.83. The average Bonchev–Trinajstić information content (AvgIpc) is 2.55. The van der Waals surface area contributed by atoms with E-state index in [9.17, 15) is 14.9 Å². The number of nitrogens with one attached hydrogen (secondary N) is 1. The first-order chi connectivity index (χ1) is 11.5. The summed E-state index contributed by atoms with van der Waals surface area (Å²) in [6.07, 6.45) is 0.624. The maximum Gasteiger partial charge on any atom is 0.273 e. The van der Waals surface area contributed by atoms with E-state index in [2.05, 4.69) is 14.9 Å². The van der Waals surface area contributed by atoms with Crippen molar-refractivity contribution in [3.63, 3.8) is 0 Å². The van der Waals surface area contributed by atoms with Gasteiger partial charge in [-0.3, -0.25) is 24.8 Å². The highest BCUT2D eigenvalue weighted by Gasteiger charge is 2.22. The Morgan fingerprint density at radius 1 is 1.50 bits per heavy atom. The Bertz CT molecular complexity index is 848. The van der Waals surface area contributed by atoms with Crippen LogP contribution in [-0.2, 0) is 19.5 Å². The van der Waals surface area contributed by atoms with Crippen LogP contribution in [0.25, 0.3) is 0 Å². The van der Waals surface area contributed by atoms with Crippen LogP contribution >= 0.6 is 0 Å². The molecule has 0 aliphatic carbocycles. The zero-order chi connectivity index (χ0) is 17.3. The van der Waals surface area contributed by atoms with E-state index in [4.69, 9.17) is 10.5 Å². The summed E-state index contributed by atoms with van der Waals surface area (Å²) < 4.78 is 5.26. The van der Waals surface area contributed by atoms with E-state index in [0.29, 0.717) is 37.4 Å². The number of fused-ring (bicyclic) bond motifs is 1. The molecule has 3 rings (SSSR count). The summed E-state index contributed by atoms with van der Waals surface area (Å²) in [5.41, 5.74) is 7.48. The molecule has 2 aromatic rings. The number of aromatic nitrogens is 2. The van der Waals surface area contributed by atoms with Gasteiger partial charge in [0.1, 0.15) is 5.75 Å². The fourth-order valence-electron chi connectivity index (χ4n) is 2.85. The summed E-state index contributed by atoms with van der Waals surface area (Å²) in [5, 5.41) is 10.9. The minimum atomic E-state index is -0.459. The van der Waals surface area contributed by atoms with Crippen molar-refractivity contribution >= 4 is 11.6 Å². The Labute approximate surface area is 137 Å². The zero-order valence-electron chi connectivity index (χ0n) is 13.1. The molecule has 1 aromatic heterocycles. The molecule has 0 atom stereocenters. The van der Waals surface area contributed by atoms with Gasteiger partial charge in [0.05, 0.1) is 29.4 Å². The summed E-state index contributed by atoms with van der Waals surface area (Å²) in [6, 6.07) is 4.53. The van der Waals surface area contributed by atoms with Crippen molar-refractivity contribution in [3.05, 3.63) is 55.5 Å². The SMILES string of the molecule is COc1cc([N+](=O)[O-])ccc1CN1CCc2nc(N)[nH]c(=O)c2C1. The van der Waals surface area contributed by atoms with Crippen LogP contribution in [0.15, 0.2) is 23.0 Å². The predicted octanol–water partition coefficient (Wildman–Crippen LogP) is 0.827. The van der Waals surface area contributed by atoms with E-state index in [1.807, 2.05) is 0 Å². The maximum absolute atomic E-state index is 12.0. The number of benzene rings is 1. The fraction of sp³-hybridized carbons (Fsp3) is 0.333. The number of nitro benzene ring substituents is 1. The molecule has 1 aromatic carbocycles. The van der Waals surface area contributed by atoms with Gasteiger partial charge in [-0.1, -0.05) is 0 Å². The van der Waals surface area contributed by atoms with Gasteiger partial charge in [0.2, 0.25) is 5.95 Å². The Hall–Kier alpha value is -2.94. The lowest BCUT2D eigenvalue weighted by Crippen LogP contribution is -2.35. The molecule has 126 valence electrons. The van der Waals surface area contributed by atoms with Gasteiger partial charge >= 0.3 is 0 Å². The number of nitro groups is 1. The standard InChI is InChI=1S/C15H17N5O4/c1-24-13-6-10(20(22)23)3-2-9(13)7-19-5-4-12-11(8-19)14(21)18-15(16)17-12/h2-3,6H,4-5,7-8H2,1H3,(H3,16,17,18,21). The number of ether oxygens (including phenoxy) is 1. The number of methoxy groups -OCH3 is 1. The van der Waals surface area contributed by atoms with Crippen molar-refractivity contribution in [1.82, 2.24) is 14.9 Å². The third-order valence-corrected chi connectivity index (χ3v) is 4.04. The molecule has 0 bridgehead atoms. The molecule has 2 heterocycles. The van der Waals surface area contributed by atoms with Gasteiger partial charge in [0, 0.05) is 37.7 Å². The average molecular weight is 331 g/mol. The van der Waals surface area contributed by atoms with E-state index in [0.717, 1.165) is 11.3 Å². The van der Waals surface area contributed by atoms with Crippen LogP contribution in [-0.4, -0.2) is 33.4 Å². The number of aromatic amines is 1. The summed E-state index contributed by atoms with van der Waals surface area (Å²) in [7, 11) is 1.48. The van der Waals surface area contributed by atoms with Crippen molar-refractivity contribution in [1.29, 1.82) is 0 Å². The largest absolute Gasteiger partial charge is 0.496 e. The van der Waals surface area contributed by atoms with E-state index in [-0.39, 0.29) is 17.2 Å². The normalized spacial score (nSPS) is 14.2. The van der Waals surface area contributed by atoms with Crippen LogP contribution < -0.4 is 16.0 Å². The third kappa shape index (κ3) is 3.06. The fourth-order valence-corrected chi connectivity index (χ4v) is 2.85. The highest BCUT2D eigenvalue weighted by atomic mass is 16.6. The smallest absolute Gasteiger partial charge is 0.273 e. The number of nitrogens with zero attached hydrogens (tertiary/aromatic N) is 3. The van der Waals surface area contributed by atoms with Crippen LogP contribution in [0.1, 0.15) is 16.8 Å². The van der Waals surface area contributed by atoms with Gasteiger partial charge in [0.25, 0.3) is 11.2 Å². The topological polar surface area (TPSA) is 127 Å². The van der Waals surface area contributed by atoms with Crippen LogP contribution in [0, 0.1) is 10.1 Å². The molecular formula is C15H17N5O4. The van der Waals surface area contributed by atoms with Gasteiger partial charge in [-0.15, -0.1) is 0 Å². The second-order valence-electron chi connectivity index (χ2n) is 5.59. The summed E-state index contributed by atoms with van der Waals surface area (Å²) >= 11 is 0. The van der Waals surface area contributed by atoms with Crippen LogP contribution in [0.5, 0.6) is 5.75 Å². The molecular weight excluding hydrogens is 314 g/mol. The zero-order valence-corrected chi connectivity index (χ0v) is 13.1. The molecule has 0 spiro atoms. The van der Waals surface area contributed by atoms with E-state index in [1.165, 1.54) is 19.2 Å². The van der Waals surface area contributed by atoms with Crippen molar-refractivity contribution in [2.24, 2.45) is 0 Å². The van der Waals surface area contributed by atoms with Crippen LogP contribution in [0.4, 0.5) is 11.6 Å². The number of H-pyrrole nitrogens is 1. The Morgan fingerprint density at radius 3 is 3.00 bits per heavy atom. The lowest BCUT2D eigenvalue weighted by Gasteiger charge is -2.28. The monoisotopic (exact) mass is 331 g/mol. The quantitative estimate of drug-likeness (QED) is 0.627. The molecule has 0 radical (unpaired) electrons. The van der Waals surface area contributed by atoms with Gasteiger partial charge < -0.3 is 10.5 Å². The van der Waals surface area contributed by atoms with Crippen molar-refractivity contribution in [2.45, 2.75) is 19.5 Å². The molecule has 0 saturated carbocycles. The predicted molar refractivity (Wildman–Crippen MR) is 86.7 cm³/mol. The molecule has 1 aliphatic rings. The minimum absolute atomic E-state index is 0.0179. The summed E-state index contributed by atoms with van der Waals surface area (Å²) in [6.45, 7) is 1.67. The first kappa shape index (κ1) is 15.9. The van der Waals surface area contributed by atoms with E-state index >= 15 is 0 Å². The molecule has 9 nitrogen and oxygen atoms in total. The molecule has 0 fully saturated rings. The number of hydrogen-bond donors (Lipinski definition) is 2. The van der Waals surface area contributed by atoms with Crippen molar-refractivity contribution in [3.8, 4) is 5.75 Å². The molecule has 24 heavy (non-hydrogen) atoms. The molecule has 0 saturated heterocycles. The number of non-ortho nitro benzene ring substituents is 1. The number of nitrogens with two attached hydrogens (primary N) is 1. The van der Waals surface area contributed by atoms with E-state index in [1.54, 1.807) is 6.07 Å². The molecule has 9 heteroatoms. The van der Waals surface area contributed by atoms with Crippen molar-refractivity contribution < 1.29 is 9.66 Å². The Morgan fingerprint density at radius 2 is 2.29 bits per heavy atom. The van der Waals surface area contributed by atoms with E-state index < -0.39 is 4.92 Å². The lowest BCUT2D eigenvalue weighted by atomic mass is 10.1. The van der Waals surface area contributed by atoms with Gasteiger partial charge in [-0.05, 0) is 6.07 Å². The van der Waals surface area contributed by atoms with Gasteiger partial charge in [0.15, 0.2) is 0 Å². The van der Waals surface area contributed by atoms with Crippen LogP contribution in [0.2, 0.25) is 0 Å². The Kier molecular flexibility index (Phi) is 4.17. The molecule has 0 unspecified atom stereocenters. The summed E-state index contributed by atoms with van der Waals surface area (Å²) in [4.78, 5) is 31.2. The first-order valence-electron chi connectivity index (χ1n) is 7.39. The highest BCUT2D eigenvalue weighted by molar-refractivity contribution is 5.44. The highest BCUT2D eigenvalue weighted by Crippen LogP contribution is 2.27. The molecule has 3 N–H and O–H groups in total. The summed E-state index contributed by atoms with van der Waals surface area (Å²) in [5.74, 6) is 0.587. The molecule has 0 amide bonds. The van der Waals surface area contributed by atoms with Gasteiger partial charge in [-0.25, -0.2) is 4.98 Å². The van der Waals surface area contributed by atoms with Crippen LogP contribution in [0.3, 0.4) is 0 Å². The minimum Gasteiger partial charge on any atom is -0.496 e. The number of anilines is 1. The molecule has 1 aliphatic heterocycles. The first-order valence-corrected chi connectivity index (χ1v) is 7.39. The number of rotatable bonds is 4. The second-order valence-corrected chi connectivity index (χ2v) is 5.59. The lowest BCUT2D eigenvalue weighted by molar-refractivity contribution is -0.384. The number of nitrogen functional groups attached to an aromatic ring is 1. The third-order valence-electron chi connectivity index (χ3n) is 4.04. The number of hydrogen-bond acceptors (Lipinski definition) is 7. The second kappa shape index (κ2) is 6.28. The van der Waals surface area contributed by atoms with Gasteiger partial charge in [-0.2, -0.15) is 0 Å². The van der Waals surface area contributed by atoms with Crippen molar-refractivity contribution in [2.75, 3.05) is 19.4 Å².